The van der Waals surface area contributed by atoms with Gasteiger partial charge in [-0.25, -0.2) is 4.39 Å². The molecular weight excluding hydrogens is 239 g/mol. The summed E-state index contributed by atoms with van der Waals surface area (Å²) < 4.78 is 13.6. The maximum Gasteiger partial charge on any atom is 0.125 e. The van der Waals surface area contributed by atoms with Crippen LogP contribution in [0.4, 0.5) is 10.1 Å². The molecule has 0 spiro atoms. The van der Waals surface area contributed by atoms with Crippen LogP contribution in [0.25, 0.3) is 0 Å². The summed E-state index contributed by atoms with van der Waals surface area (Å²) in [6.45, 7) is 10.5. The van der Waals surface area contributed by atoms with E-state index in [1.807, 2.05) is 6.92 Å². The Morgan fingerprint density at radius 3 is 2.68 bits per heavy atom. The number of piperazine rings is 1. The molecule has 0 bridgehead atoms. The molecule has 19 heavy (non-hydrogen) atoms. The van der Waals surface area contributed by atoms with Gasteiger partial charge in [0.05, 0.1) is 0 Å². The largest absolute Gasteiger partial charge is 0.365 e. The van der Waals surface area contributed by atoms with Gasteiger partial charge in [0.1, 0.15) is 5.82 Å². The summed E-state index contributed by atoms with van der Waals surface area (Å²) in [6.07, 6.45) is 2.15. The van der Waals surface area contributed by atoms with Crippen LogP contribution in [0.3, 0.4) is 0 Å². The Bertz CT molecular complexity index is 426. The first-order valence-corrected chi connectivity index (χ1v) is 7.26. The van der Waals surface area contributed by atoms with Gasteiger partial charge in [0.2, 0.25) is 0 Å². The highest BCUT2D eigenvalue weighted by Gasteiger charge is 2.33. The highest BCUT2D eigenvalue weighted by atomic mass is 19.1. The van der Waals surface area contributed by atoms with Crippen molar-refractivity contribution in [1.29, 1.82) is 0 Å². The third-order valence-electron chi connectivity index (χ3n) is 4.33. The molecule has 2 nitrogen and oxygen atoms in total. The lowest BCUT2D eigenvalue weighted by Crippen LogP contribution is -2.62. The monoisotopic (exact) mass is 264 g/mol. The molecule has 1 saturated heterocycles. The Kier molecular flexibility index (Phi) is 4.14. The van der Waals surface area contributed by atoms with Gasteiger partial charge in [-0.2, -0.15) is 0 Å². The minimum Gasteiger partial charge on any atom is -0.365 e. The number of benzene rings is 1. The Hall–Kier alpha value is -1.09. The molecule has 0 amide bonds. The molecule has 1 heterocycles. The van der Waals surface area contributed by atoms with E-state index in [4.69, 9.17) is 0 Å². The highest BCUT2D eigenvalue weighted by molar-refractivity contribution is 5.51. The van der Waals surface area contributed by atoms with Crippen molar-refractivity contribution in [3.8, 4) is 0 Å². The van der Waals surface area contributed by atoms with E-state index in [1.54, 1.807) is 12.1 Å². The van der Waals surface area contributed by atoms with Crippen molar-refractivity contribution >= 4 is 5.69 Å². The lowest BCUT2D eigenvalue weighted by atomic mass is 9.92. The van der Waals surface area contributed by atoms with Gasteiger partial charge in [-0.15, -0.1) is 0 Å². The minimum absolute atomic E-state index is 0.117. The molecule has 1 aliphatic heterocycles. The molecule has 1 aliphatic rings. The highest BCUT2D eigenvalue weighted by Crippen LogP contribution is 2.27. The van der Waals surface area contributed by atoms with Crippen molar-refractivity contribution in [1.82, 2.24) is 5.32 Å². The molecule has 1 fully saturated rings. The molecule has 0 saturated carbocycles. The third-order valence-corrected chi connectivity index (χ3v) is 4.33. The fourth-order valence-electron chi connectivity index (χ4n) is 2.82. The maximum atomic E-state index is 13.6. The third kappa shape index (κ3) is 3.08. The van der Waals surface area contributed by atoms with Crippen LogP contribution in [0.2, 0.25) is 0 Å². The zero-order chi connectivity index (χ0) is 14.0. The van der Waals surface area contributed by atoms with E-state index in [1.165, 1.54) is 0 Å². The summed E-state index contributed by atoms with van der Waals surface area (Å²) in [5.74, 6) is -0.137. The van der Waals surface area contributed by atoms with Crippen LogP contribution in [0.15, 0.2) is 18.2 Å². The second-order valence-electron chi connectivity index (χ2n) is 5.97. The van der Waals surface area contributed by atoms with Crippen LogP contribution >= 0.6 is 0 Å². The summed E-state index contributed by atoms with van der Waals surface area (Å²) >= 11 is 0. The van der Waals surface area contributed by atoms with Gasteiger partial charge in [0.15, 0.2) is 0 Å². The van der Waals surface area contributed by atoms with Crippen molar-refractivity contribution in [2.75, 3.05) is 18.0 Å². The second kappa shape index (κ2) is 5.49. The Morgan fingerprint density at radius 2 is 2.11 bits per heavy atom. The number of rotatable bonds is 3. The van der Waals surface area contributed by atoms with Crippen molar-refractivity contribution < 1.29 is 4.39 Å². The SMILES string of the molecule is CCC1CNC(C)(CC)CN1c1cc(C)cc(F)c1. The number of nitrogens with zero attached hydrogens (tertiary/aromatic N) is 1. The average Bonchev–Trinajstić information content (AvgIpc) is 2.37. The molecule has 0 radical (unpaired) electrons. The van der Waals surface area contributed by atoms with Gasteiger partial charge in [0, 0.05) is 30.4 Å². The summed E-state index contributed by atoms with van der Waals surface area (Å²) in [5.41, 5.74) is 2.12. The first kappa shape index (κ1) is 14.3. The maximum absolute atomic E-state index is 13.6. The minimum atomic E-state index is -0.137. The lowest BCUT2D eigenvalue weighted by Gasteiger charge is -2.47. The Balaban J connectivity index is 2.32. The fourth-order valence-corrected chi connectivity index (χ4v) is 2.82. The molecule has 2 rings (SSSR count). The zero-order valence-corrected chi connectivity index (χ0v) is 12.5. The molecule has 0 aliphatic carbocycles. The number of hydrogen-bond donors (Lipinski definition) is 1. The number of hydrogen-bond acceptors (Lipinski definition) is 2. The first-order chi connectivity index (χ1) is 8.97. The zero-order valence-electron chi connectivity index (χ0n) is 12.5. The predicted molar refractivity (Wildman–Crippen MR) is 79.3 cm³/mol. The van der Waals surface area contributed by atoms with Crippen molar-refractivity contribution in [2.24, 2.45) is 0 Å². The van der Waals surface area contributed by atoms with E-state index in [9.17, 15) is 4.39 Å². The number of nitrogens with one attached hydrogen (secondary N) is 1. The van der Waals surface area contributed by atoms with Gasteiger partial charge < -0.3 is 10.2 Å². The Labute approximate surface area is 116 Å². The van der Waals surface area contributed by atoms with E-state index in [0.717, 1.165) is 37.2 Å². The van der Waals surface area contributed by atoms with E-state index in [-0.39, 0.29) is 11.4 Å². The fraction of sp³-hybridized carbons (Fsp3) is 0.625. The molecule has 1 aromatic rings. The lowest BCUT2D eigenvalue weighted by molar-refractivity contribution is 0.276. The van der Waals surface area contributed by atoms with E-state index >= 15 is 0 Å². The number of anilines is 1. The second-order valence-corrected chi connectivity index (χ2v) is 5.97. The van der Waals surface area contributed by atoms with Gasteiger partial charge in [-0.3, -0.25) is 0 Å². The van der Waals surface area contributed by atoms with Gasteiger partial charge in [-0.05, 0) is 50.5 Å². The van der Waals surface area contributed by atoms with Crippen LogP contribution in [0.5, 0.6) is 0 Å². The molecule has 0 aromatic heterocycles. The summed E-state index contributed by atoms with van der Waals surface area (Å²) in [4.78, 5) is 2.37. The van der Waals surface area contributed by atoms with E-state index < -0.39 is 0 Å². The van der Waals surface area contributed by atoms with Crippen molar-refractivity contribution in [2.45, 2.75) is 52.1 Å². The molecule has 2 unspecified atom stereocenters. The van der Waals surface area contributed by atoms with Gasteiger partial charge in [0.25, 0.3) is 0 Å². The molecular formula is C16H25FN2. The number of halogens is 1. The van der Waals surface area contributed by atoms with Crippen LogP contribution in [-0.4, -0.2) is 24.7 Å². The van der Waals surface area contributed by atoms with Crippen LogP contribution < -0.4 is 10.2 Å². The smallest absolute Gasteiger partial charge is 0.125 e. The topological polar surface area (TPSA) is 15.3 Å². The molecule has 106 valence electrons. The van der Waals surface area contributed by atoms with Crippen LogP contribution in [0.1, 0.15) is 39.2 Å². The van der Waals surface area contributed by atoms with Crippen molar-refractivity contribution in [3.63, 3.8) is 0 Å². The molecule has 1 N–H and O–H groups in total. The normalized spacial score (nSPS) is 27.6. The van der Waals surface area contributed by atoms with Gasteiger partial charge >= 0.3 is 0 Å². The quantitative estimate of drug-likeness (QED) is 0.899. The Morgan fingerprint density at radius 1 is 1.37 bits per heavy atom. The average molecular weight is 264 g/mol. The molecule has 1 aromatic carbocycles. The van der Waals surface area contributed by atoms with Gasteiger partial charge in [-0.1, -0.05) is 13.8 Å². The summed E-state index contributed by atoms with van der Waals surface area (Å²) in [7, 11) is 0. The van der Waals surface area contributed by atoms with Crippen LogP contribution in [0, 0.1) is 12.7 Å². The van der Waals surface area contributed by atoms with E-state index in [0.29, 0.717) is 6.04 Å². The summed E-state index contributed by atoms with van der Waals surface area (Å²) in [5, 5.41) is 3.64. The number of aryl methyl sites for hydroxylation is 1. The molecule has 3 heteroatoms. The standard InChI is InChI=1S/C16H25FN2/c1-5-14-10-18-16(4,6-2)11-19(14)15-8-12(3)7-13(17)9-15/h7-9,14,18H,5-6,10-11H2,1-4H3. The summed E-state index contributed by atoms with van der Waals surface area (Å²) in [6, 6.07) is 5.79. The molecule has 2 atom stereocenters. The van der Waals surface area contributed by atoms with E-state index in [2.05, 4.69) is 37.1 Å². The van der Waals surface area contributed by atoms with Crippen LogP contribution in [-0.2, 0) is 0 Å². The van der Waals surface area contributed by atoms with Crippen molar-refractivity contribution in [3.05, 3.63) is 29.6 Å². The first-order valence-electron chi connectivity index (χ1n) is 7.26. The predicted octanol–water partition coefficient (Wildman–Crippen LogP) is 3.49.